The van der Waals surface area contributed by atoms with Gasteiger partial charge in [-0.3, -0.25) is 4.79 Å². The van der Waals surface area contributed by atoms with E-state index in [4.69, 9.17) is 17.0 Å². The molecule has 1 rings (SSSR count). The van der Waals surface area contributed by atoms with Gasteiger partial charge in [0, 0.05) is 40.4 Å². The van der Waals surface area contributed by atoms with Crippen LogP contribution >= 0.6 is 12.2 Å². The molecule has 1 heterocycles. The molecule has 6 heteroatoms. The second kappa shape index (κ2) is 7.45. The molecule has 0 radical (unpaired) electrons. The van der Waals surface area contributed by atoms with Crippen LogP contribution in [-0.4, -0.2) is 67.8 Å². The lowest BCUT2D eigenvalue weighted by molar-refractivity contribution is -0.129. The summed E-state index contributed by atoms with van der Waals surface area (Å²) in [5.41, 5.74) is 0. The molecule has 1 saturated heterocycles. The minimum Gasteiger partial charge on any atom is -0.385 e. The quantitative estimate of drug-likeness (QED) is 0.571. The van der Waals surface area contributed by atoms with Crippen molar-refractivity contribution in [1.82, 2.24) is 15.1 Å². The minimum atomic E-state index is 0.128. The average Bonchev–Trinajstić information content (AvgIpc) is 2.48. The van der Waals surface area contributed by atoms with Crippen LogP contribution in [0.15, 0.2) is 0 Å². The largest absolute Gasteiger partial charge is 0.385 e. The second-order valence-corrected chi connectivity index (χ2v) is 4.56. The number of ether oxygens (including phenoxy) is 1. The first-order valence-electron chi connectivity index (χ1n) is 5.91. The normalized spacial score (nSPS) is 16.9. The number of nitrogens with one attached hydrogen (secondary N) is 1. The Balaban J connectivity index is 2.32. The van der Waals surface area contributed by atoms with Crippen molar-refractivity contribution in [3.63, 3.8) is 0 Å². The molecule has 98 valence electrons. The molecular weight excluding hydrogens is 238 g/mol. The van der Waals surface area contributed by atoms with E-state index in [1.807, 2.05) is 11.9 Å². The van der Waals surface area contributed by atoms with Crippen LogP contribution < -0.4 is 5.32 Å². The number of nitrogens with zero attached hydrogens (tertiary/aromatic N) is 2. The summed E-state index contributed by atoms with van der Waals surface area (Å²) < 4.78 is 4.96. The van der Waals surface area contributed by atoms with Crippen LogP contribution in [0.1, 0.15) is 12.8 Å². The lowest BCUT2D eigenvalue weighted by Crippen LogP contribution is -2.43. The highest BCUT2D eigenvalue weighted by atomic mass is 32.1. The Kier molecular flexibility index (Phi) is 6.21. The van der Waals surface area contributed by atoms with Gasteiger partial charge in [0.1, 0.15) is 0 Å². The highest BCUT2D eigenvalue weighted by Gasteiger charge is 2.20. The van der Waals surface area contributed by atoms with Gasteiger partial charge < -0.3 is 19.9 Å². The first-order valence-corrected chi connectivity index (χ1v) is 6.31. The van der Waals surface area contributed by atoms with E-state index >= 15 is 0 Å². The van der Waals surface area contributed by atoms with Gasteiger partial charge in [-0.05, 0) is 25.1 Å². The predicted molar refractivity (Wildman–Crippen MR) is 70.9 cm³/mol. The fourth-order valence-corrected chi connectivity index (χ4v) is 1.94. The number of likely N-dealkylation sites (N-methyl/N-ethyl adjacent to an activating group) is 1. The molecule has 0 aromatic rings. The summed E-state index contributed by atoms with van der Waals surface area (Å²) in [4.78, 5) is 15.4. The predicted octanol–water partition coefficient (Wildman–Crippen LogP) is 0.0615. The van der Waals surface area contributed by atoms with E-state index in [0.717, 1.165) is 39.1 Å². The summed E-state index contributed by atoms with van der Waals surface area (Å²) in [6.07, 6.45) is 1.88. The third kappa shape index (κ3) is 4.87. The minimum absolute atomic E-state index is 0.128. The van der Waals surface area contributed by atoms with Gasteiger partial charge in [0.2, 0.25) is 5.91 Å². The Labute approximate surface area is 108 Å². The van der Waals surface area contributed by atoms with Gasteiger partial charge in [0.15, 0.2) is 5.11 Å². The molecular formula is C11H21N3O2S. The molecule has 0 spiro atoms. The van der Waals surface area contributed by atoms with Gasteiger partial charge in [-0.1, -0.05) is 0 Å². The highest BCUT2D eigenvalue weighted by molar-refractivity contribution is 7.80. The van der Waals surface area contributed by atoms with Crippen LogP contribution in [-0.2, 0) is 9.53 Å². The Morgan fingerprint density at radius 2 is 2.29 bits per heavy atom. The Bertz CT molecular complexity index is 273. The lowest BCUT2D eigenvalue weighted by atomic mass is 10.4. The molecule has 1 aliphatic rings. The third-order valence-electron chi connectivity index (χ3n) is 2.76. The van der Waals surface area contributed by atoms with E-state index in [0.29, 0.717) is 11.7 Å². The molecule has 1 fully saturated rings. The Morgan fingerprint density at radius 1 is 1.53 bits per heavy atom. The maximum absolute atomic E-state index is 11.7. The molecule has 1 N–H and O–H groups in total. The first kappa shape index (κ1) is 14.2. The van der Waals surface area contributed by atoms with Crippen molar-refractivity contribution < 1.29 is 9.53 Å². The van der Waals surface area contributed by atoms with E-state index in [9.17, 15) is 4.79 Å². The highest BCUT2D eigenvalue weighted by Crippen LogP contribution is 2.02. The molecule has 0 aromatic heterocycles. The van der Waals surface area contributed by atoms with Crippen molar-refractivity contribution in [2.75, 3.05) is 46.9 Å². The van der Waals surface area contributed by atoms with Crippen LogP contribution in [0.3, 0.4) is 0 Å². The fraction of sp³-hybridized carbons (Fsp3) is 0.818. The molecule has 17 heavy (non-hydrogen) atoms. The number of rotatable bonds is 4. The van der Waals surface area contributed by atoms with E-state index < -0.39 is 0 Å². The van der Waals surface area contributed by atoms with E-state index in [1.165, 1.54) is 0 Å². The van der Waals surface area contributed by atoms with Gasteiger partial charge in [-0.25, -0.2) is 0 Å². The number of carbonyl (C=O) groups excluding carboxylic acids is 1. The number of carbonyl (C=O) groups is 1. The van der Waals surface area contributed by atoms with Crippen LogP contribution in [0, 0.1) is 0 Å². The zero-order valence-corrected chi connectivity index (χ0v) is 11.4. The number of amides is 1. The van der Waals surface area contributed by atoms with Crippen molar-refractivity contribution in [2.24, 2.45) is 0 Å². The molecule has 0 saturated carbocycles. The summed E-state index contributed by atoms with van der Waals surface area (Å²) in [5.74, 6) is 0.128. The van der Waals surface area contributed by atoms with Crippen molar-refractivity contribution in [3.8, 4) is 0 Å². The van der Waals surface area contributed by atoms with Crippen LogP contribution in [0.4, 0.5) is 0 Å². The average molecular weight is 259 g/mol. The zero-order valence-electron chi connectivity index (χ0n) is 10.6. The monoisotopic (exact) mass is 259 g/mol. The molecule has 1 amide bonds. The number of hydrogen-bond acceptors (Lipinski definition) is 3. The van der Waals surface area contributed by atoms with Crippen molar-refractivity contribution in [1.29, 1.82) is 0 Å². The number of hydrogen-bond donors (Lipinski definition) is 1. The Morgan fingerprint density at radius 3 is 3.00 bits per heavy atom. The van der Waals surface area contributed by atoms with E-state index in [1.54, 1.807) is 12.0 Å². The van der Waals surface area contributed by atoms with Gasteiger partial charge in [-0.15, -0.1) is 0 Å². The summed E-state index contributed by atoms with van der Waals surface area (Å²) in [6.45, 7) is 3.53. The van der Waals surface area contributed by atoms with Crippen LogP contribution in [0.5, 0.6) is 0 Å². The van der Waals surface area contributed by atoms with Gasteiger partial charge in [0.05, 0.1) is 6.54 Å². The van der Waals surface area contributed by atoms with Crippen LogP contribution in [0.25, 0.3) is 0 Å². The second-order valence-electron chi connectivity index (χ2n) is 4.17. The van der Waals surface area contributed by atoms with Gasteiger partial charge in [-0.2, -0.15) is 0 Å². The maximum atomic E-state index is 11.7. The first-order chi connectivity index (χ1) is 8.15. The lowest BCUT2D eigenvalue weighted by Gasteiger charge is -2.23. The summed E-state index contributed by atoms with van der Waals surface area (Å²) in [7, 11) is 3.52. The van der Waals surface area contributed by atoms with Gasteiger partial charge >= 0.3 is 0 Å². The molecule has 0 aliphatic carbocycles. The summed E-state index contributed by atoms with van der Waals surface area (Å²) in [6, 6.07) is 0. The number of methoxy groups -OCH3 is 1. The van der Waals surface area contributed by atoms with E-state index in [-0.39, 0.29) is 5.91 Å². The molecule has 0 aromatic carbocycles. The van der Waals surface area contributed by atoms with Crippen LogP contribution in [0.2, 0.25) is 0 Å². The smallest absolute Gasteiger partial charge is 0.241 e. The molecule has 0 atom stereocenters. The third-order valence-corrected chi connectivity index (χ3v) is 3.16. The van der Waals surface area contributed by atoms with Crippen molar-refractivity contribution in [2.45, 2.75) is 12.8 Å². The summed E-state index contributed by atoms with van der Waals surface area (Å²) >= 11 is 5.28. The van der Waals surface area contributed by atoms with Crippen molar-refractivity contribution in [3.05, 3.63) is 0 Å². The Hall–Kier alpha value is -0.880. The molecule has 1 aliphatic heterocycles. The molecule has 5 nitrogen and oxygen atoms in total. The zero-order chi connectivity index (χ0) is 12.7. The van der Waals surface area contributed by atoms with Gasteiger partial charge in [0.25, 0.3) is 0 Å². The summed E-state index contributed by atoms with van der Waals surface area (Å²) in [5, 5.41) is 3.83. The fourth-order valence-electron chi connectivity index (χ4n) is 1.68. The topological polar surface area (TPSA) is 44.8 Å². The maximum Gasteiger partial charge on any atom is 0.241 e. The molecule has 0 unspecified atom stereocenters. The standard InChI is InChI=1S/C11H21N3O2S/c1-13-6-4-7-14(9-10(13)15)11(17)12-5-3-8-16-2/h3-9H2,1-2H3,(H,12,17). The SMILES string of the molecule is COCCCNC(=S)N1CCCN(C)C(=O)C1. The number of thiocarbonyl (C=S) groups is 1. The van der Waals surface area contributed by atoms with E-state index in [2.05, 4.69) is 5.32 Å². The van der Waals surface area contributed by atoms with Crippen molar-refractivity contribution >= 4 is 23.2 Å². The molecule has 0 bridgehead atoms.